The minimum absolute atomic E-state index is 0.0248. The van der Waals surface area contributed by atoms with Crippen LogP contribution in [0.2, 0.25) is 0 Å². The molecule has 36 heavy (non-hydrogen) atoms. The van der Waals surface area contributed by atoms with Gasteiger partial charge in [0.15, 0.2) is 0 Å². The lowest BCUT2D eigenvalue weighted by molar-refractivity contribution is -0.165. The zero-order valence-electron chi connectivity index (χ0n) is 22.8. The highest BCUT2D eigenvalue weighted by molar-refractivity contribution is 7.12. The fourth-order valence-corrected chi connectivity index (χ4v) is 4.54. The maximum atomic E-state index is 12.6. The van der Waals surface area contributed by atoms with Crippen LogP contribution in [0.4, 0.5) is 4.79 Å². The fraction of sp³-hybridized carbons (Fsp3) is 0.679. The first kappa shape index (κ1) is 31.5. The molecule has 1 amide bonds. The molecule has 1 aromatic heterocycles. The lowest BCUT2D eigenvalue weighted by Crippen LogP contribution is -2.50. The van der Waals surface area contributed by atoms with Gasteiger partial charge in [-0.3, -0.25) is 14.9 Å². The van der Waals surface area contributed by atoms with Crippen molar-refractivity contribution in [3.63, 3.8) is 0 Å². The Hall–Kier alpha value is -2.53. The summed E-state index contributed by atoms with van der Waals surface area (Å²) in [4.78, 5) is 37.3. The number of rotatable bonds is 14. The van der Waals surface area contributed by atoms with Gasteiger partial charge in [-0.1, -0.05) is 63.7 Å². The number of esters is 2. The van der Waals surface area contributed by atoms with Gasteiger partial charge in [0.25, 0.3) is 0 Å². The Kier molecular flexibility index (Phi) is 14.2. The van der Waals surface area contributed by atoms with Gasteiger partial charge in [-0.05, 0) is 39.3 Å². The van der Waals surface area contributed by atoms with Crippen molar-refractivity contribution in [3.8, 4) is 11.8 Å². The number of hydrogen-bond acceptors (Lipinski definition) is 7. The Balaban J connectivity index is 2.91. The van der Waals surface area contributed by atoms with Crippen LogP contribution in [0.25, 0.3) is 0 Å². The Labute approximate surface area is 220 Å². The standard InChI is InChI=1S/C28H43NO6S/c1-7-8-9-10-11-12-13-14-15-16-17-24-18-19-25(36-24)28(34-23(3)31,20-21-33-22(2)30)29-26(32)35-27(4,5)6/h18-19H,7-15,20-21H2,1-6H3,(H,29,32). The second-order valence-electron chi connectivity index (χ2n) is 9.83. The lowest BCUT2D eigenvalue weighted by atomic mass is 10.1. The zero-order chi connectivity index (χ0) is 27.0. The first-order valence-corrected chi connectivity index (χ1v) is 13.7. The van der Waals surface area contributed by atoms with Gasteiger partial charge in [-0.25, -0.2) is 4.79 Å². The van der Waals surface area contributed by atoms with Crippen LogP contribution in [0.15, 0.2) is 12.1 Å². The topological polar surface area (TPSA) is 90.9 Å². The molecule has 1 unspecified atom stereocenters. The highest BCUT2D eigenvalue weighted by Crippen LogP contribution is 2.33. The van der Waals surface area contributed by atoms with Crippen LogP contribution in [0.3, 0.4) is 0 Å². The molecule has 1 atom stereocenters. The lowest BCUT2D eigenvalue weighted by Gasteiger charge is -2.33. The molecule has 1 heterocycles. The van der Waals surface area contributed by atoms with E-state index in [2.05, 4.69) is 24.1 Å². The van der Waals surface area contributed by atoms with E-state index >= 15 is 0 Å². The largest absolute Gasteiger partial charge is 0.466 e. The first-order chi connectivity index (χ1) is 17.0. The van der Waals surface area contributed by atoms with Crippen molar-refractivity contribution in [2.75, 3.05) is 6.61 Å². The zero-order valence-corrected chi connectivity index (χ0v) is 23.6. The monoisotopic (exact) mass is 521 g/mol. The number of amides is 1. The van der Waals surface area contributed by atoms with Crippen LogP contribution in [0.1, 0.15) is 116 Å². The number of ether oxygens (including phenoxy) is 3. The van der Waals surface area contributed by atoms with Crippen molar-refractivity contribution >= 4 is 29.4 Å². The highest BCUT2D eigenvalue weighted by Gasteiger charge is 2.40. The molecule has 0 aliphatic rings. The molecule has 0 aromatic carbocycles. The molecule has 0 bridgehead atoms. The maximum absolute atomic E-state index is 12.6. The molecule has 1 aromatic rings. The third-order valence-electron chi connectivity index (χ3n) is 5.15. The first-order valence-electron chi connectivity index (χ1n) is 12.9. The van der Waals surface area contributed by atoms with Gasteiger partial charge in [0.05, 0.1) is 16.4 Å². The number of carbonyl (C=O) groups excluding carboxylic acids is 3. The van der Waals surface area contributed by atoms with Crippen LogP contribution in [-0.2, 0) is 29.5 Å². The Morgan fingerprint density at radius 1 is 0.917 bits per heavy atom. The highest BCUT2D eigenvalue weighted by atomic mass is 32.1. The molecule has 1 rings (SSSR count). The van der Waals surface area contributed by atoms with Crippen molar-refractivity contribution in [2.24, 2.45) is 0 Å². The SMILES string of the molecule is CCCCCCCCCCC#Cc1ccc(C(CCOC(C)=O)(NC(=O)OC(C)(C)C)OC(C)=O)s1. The van der Waals surface area contributed by atoms with E-state index in [9.17, 15) is 14.4 Å². The van der Waals surface area contributed by atoms with Gasteiger partial charge in [-0.15, -0.1) is 11.3 Å². The van der Waals surface area contributed by atoms with E-state index in [1.165, 1.54) is 70.1 Å². The molecule has 0 radical (unpaired) electrons. The molecule has 7 nitrogen and oxygen atoms in total. The van der Waals surface area contributed by atoms with Gasteiger partial charge in [0.1, 0.15) is 5.60 Å². The van der Waals surface area contributed by atoms with Crippen LogP contribution in [0.5, 0.6) is 0 Å². The molecule has 0 aliphatic heterocycles. The van der Waals surface area contributed by atoms with E-state index in [1.54, 1.807) is 26.8 Å². The molecule has 0 saturated carbocycles. The third kappa shape index (κ3) is 13.5. The summed E-state index contributed by atoms with van der Waals surface area (Å²) >= 11 is 1.32. The number of hydrogen-bond donors (Lipinski definition) is 1. The van der Waals surface area contributed by atoms with Gasteiger partial charge in [-0.2, -0.15) is 0 Å². The average molecular weight is 522 g/mol. The minimum Gasteiger partial charge on any atom is -0.466 e. The van der Waals surface area contributed by atoms with Gasteiger partial charge >= 0.3 is 18.0 Å². The summed E-state index contributed by atoms with van der Waals surface area (Å²) in [5, 5.41) is 2.70. The maximum Gasteiger partial charge on any atom is 0.411 e. The molecule has 0 fully saturated rings. The number of nitrogens with one attached hydrogen (secondary N) is 1. The second-order valence-corrected chi connectivity index (χ2v) is 10.9. The quantitative estimate of drug-likeness (QED) is 0.0949. The van der Waals surface area contributed by atoms with Crippen molar-refractivity contribution in [1.82, 2.24) is 5.32 Å². The summed E-state index contributed by atoms with van der Waals surface area (Å²) in [5.41, 5.74) is -2.30. The Morgan fingerprint density at radius 2 is 1.56 bits per heavy atom. The van der Waals surface area contributed by atoms with E-state index in [1.807, 2.05) is 6.07 Å². The summed E-state index contributed by atoms with van der Waals surface area (Å²) in [6, 6.07) is 3.60. The van der Waals surface area contributed by atoms with Crippen molar-refractivity contribution in [3.05, 3.63) is 21.9 Å². The van der Waals surface area contributed by atoms with Crippen molar-refractivity contribution in [1.29, 1.82) is 0 Å². The predicted octanol–water partition coefficient (Wildman–Crippen LogP) is 6.82. The summed E-state index contributed by atoms with van der Waals surface area (Å²) in [7, 11) is 0. The Morgan fingerprint density at radius 3 is 2.14 bits per heavy atom. The molecule has 8 heteroatoms. The van der Waals surface area contributed by atoms with Gasteiger partial charge in [0, 0.05) is 26.7 Å². The van der Waals surface area contributed by atoms with E-state index in [0.717, 1.165) is 17.7 Å². The van der Waals surface area contributed by atoms with E-state index < -0.39 is 29.4 Å². The smallest absolute Gasteiger partial charge is 0.411 e. The van der Waals surface area contributed by atoms with Crippen molar-refractivity contribution in [2.45, 2.75) is 117 Å². The third-order valence-corrected chi connectivity index (χ3v) is 6.29. The van der Waals surface area contributed by atoms with Crippen LogP contribution in [-0.4, -0.2) is 30.2 Å². The number of unbranched alkanes of at least 4 members (excludes halogenated alkanes) is 8. The normalized spacial score (nSPS) is 12.6. The second kappa shape index (κ2) is 16.3. The van der Waals surface area contributed by atoms with E-state index in [0.29, 0.717) is 4.88 Å². The summed E-state index contributed by atoms with van der Waals surface area (Å²) in [6.07, 6.45) is 10.1. The van der Waals surface area contributed by atoms with E-state index in [-0.39, 0.29) is 13.0 Å². The average Bonchev–Trinajstić information content (AvgIpc) is 3.22. The van der Waals surface area contributed by atoms with Crippen molar-refractivity contribution < 1.29 is 28.6 Å². The van der Waals surface area contributed by atoms with Gasteiger partial charge < -0.3 is 14.2 Å². The van der Waals surface area contributed by atoms with E-state index in [4.69, 9.17) is 14.2 Å². The molecule has 0 spiro atoms. The molecular weight excluding hydrogens is 478 g/mol. The predicted molar refractivity (Wildman–Crippen MR) is 142 cm³/mol. The molecule has 0 aliphatic carbocycles. The van der Waals surface area contributed by atoms with Gasteiger partial charge in [0.2, 0.25) is 5.72 Å². The van der Waals surface area contributed by atoms with Crippen LogP contribution >= 0.6 is 11.3 Å². The molecule has 202 valence electrons. The number of thiophene rings is 1. The minimum atomic E-state index is -1.55. The summed E-state index contributed by atoms with van der Waals surface area (Å²) < 4.78 is 16.1. The van der Waals surface area contributed by atoms with Crippen LogP contribution < -0.4 is 5.32 Å². The van der Waals surface area contributed by atoms with Crippen LogP contribution in [0, 0.1) is 11.8 Å². The molecule has 0 saturated heterocycles. The molecular formula is C28H43NO6S. The number of alkyl carbamates (subject to hydrolysis) is 1. The summed E-state index contributed by atoms with van der Waals surface area (Å²) in [6.45, 7) is 9.94. The molecule has 1 N–H and O–H groups in total. The number of carbonyl (C=O) groups is 3. The fourth-order valence-electron chi connectivity index (χ4n) is 3.55. The Bertz CT molecular complexity index is 892. The summed E-state index contributed by atoms with van der Waals surface area (Å²) in [5.74, 6) is 5.33.